The van der Waals surface area contributed by atoms with Crippen LogP contribution in [-0.4, -0.2) is 35.9 Å². The number of aromatic nitrogens is 1. The van der Waals surface area contributed by atoms with E-state index < -0.39 is 0 Å². The van der Waals surface area contributed by atoms with Gasteiger partial charge in [-0.2, -0.15) is 0 Å². The van der Waals surface area contributed by atoms with E-state index in [0.29, 0.717) is 5.69 Å². The third kappa shape index (κ3) is 2.84. The first-order valence-electron chi connectivity index (χ1n) is 7.66. The van der Waals surface area contributed by atoms with Crippen molar-refractivity contribution in [3.63, 3.8) is 0 Å². The fraction of sp³-hybridized carbons (Fsp3) is 0.412. The minimum absolute atomic E-state index is 0.0548. The fourth-order valence-corrected chi connectivity index (χ4v) is 2.93. The zero-order chi connectivity index (χ0) is 14.7. The largest absolute Gasteiger partial charge is 0.388 e. The maximum atomic E-state index is 12.7. The normalized spacial score (nSPS) is 15.8. The summed E-state index contributed by atoms with van der Waals surface area (Å²) in [6.45, 7) is 1.70. The highest BCUT2D eigenvalue weighted by Crippen LogP contribution is 2.23. The molecule has 4 heteroatoms. The number of hydrogen-bond acceptors (Lipinski definition) is 3. The van der Waals surface area contributed by atoms with E-state index in [-0.39, 0.29) is 5.91 Å². The number of likely N-dealkylation sites (tertiary alicyclic amines) is 1. The van der Waals surface area contributed by atoms with Crippen molar-refractivity contribution in [2.45, 2.75) is 25.7 Å². The van der Waals surface area contributed by atoms with Crippen LogP contribution in [0.15, 0.2) is 30.3 Å². The third-order valence-corrected chi connectivity index (χ3v) is 4.10. The van der Waals surface area contributed by atoms with Crippen LogP contribution in [0.4, 0.5) is 5.69 Å². The van der Waals surface area contributed by atoms with Gasteiger partial charge in [-0.15, -0.1) is 0 Å². The molecule has 1 aliphatic heterocycles. The van der Waals surface area contributed by atoms with Crippen molar-refractivity contribution < 1.29 is 4.79 Å². The predicted molar refractivity (Wildman–Crippen MR) is 85.7 cm³/mol. The Bertz CT molecular complexity index is 646. The maximum absolute atomic E-state index is 12.7. The second-order valence-electron chi connectivity index (χ2n) is 5.53. The summed E-state index contributed by atoms with van der Waals surface area (Å²) in [6.07, 6.45) is 4.63. The van der Waals surface area contributed by atoms with E-state index in [4.69, 9.17) is 0 Å². The summed E-state index contributed by atoms with van der Waals surface area (Å²) in [4.78, 5) is 19.2. The third-order valence-electron chi connectivity index (χ3n) is 4.10. The highest BCUT2D eigenvalue weighted by Gasteiger charge is 2.19. The standard InChI is InChI=1S/C17H21N3O/c1-18-15-12-16(19-14-9-5-4-8-13(14)15)17(21)20-10-6-2-3-7-11-20/h4-5,8-9,12H,2-3,6-7,10-11H2,1H3,(H,18,19). The number of hydrogen-bond donors (Lipinski definition) is 1. The van der Waals surface area contributed by atoms with Crippen LogP contribution in [0.2, 0.25) is 0 Å². The Labute approximate surface area is 125 Å². The second kappa shape index (κ2) is 6.12. The molecule has 2 aromatic rings. The first-order valence-corrected chi connectivity index (χ1v) is 7.66. The number of amides is 1. The molecule has 21 heavy (non-hydrogen) atoms. The van der Waals surface area contributed by atoms with E-state index in [1.807, 2.05) is 42.3 Å². The number of para-hydroxylation sites is 1. The molecule has 4 nitrogen and oxygen atoms in total. The molecule has 1 aromatic carbocycles. The van der Waals surface area contributed by atoms with Crippen LogP contribution in [-0.2, 0) is 0 Å². The lowest BCUT2D eigenvalue weighted by Crippen LogP contribution is -2.32. The zero-order valence-electron chi connectivity index (χ0n) is 12.4. The van der Waals surface area contributed by atoms with E-state index in [1.165, 1.54) is 12.8 Å². The SMILES string of the molecule is CNc1cc(C(=O)N2CCCCCC2)nc2ccccc12. The number of rotatable bonds is 2. The summed E-state index contributed by atoms with van der Waals surface area (Å²) < 4.78 is 0. The number of pyridine rings is 1. The first-order chi connectivity index (χ1) is 10.3. The van der Waals surface area contributed by atoms with Crippen LogP contribution in [0, 0.1) is 0 Å². The molecular formula is C17H21N3O. The molecule has 1 aromatic heterocycles. The van der Waals surface area contributed by atoms with Crippen LogP contribution in [0.1, 0.15) is 36.2 Å². The van der Waals surface area contributed by atoms with E-state index in [0.717, 1.165) is 42.5 Å². The predicted octanol–water partition coefficient (Wildman–Crippen LogP) is 3.29. The van der Waals surface area contributed by atoms with Gasteiger partial charge in [-0.05, 0) is 25.0 Å². The van der Waals surface area contributed by atoms with Crippen molar-refractivity contribution in [2.75, 3.05) is 25.5 Å². The van der Waals surface area contributed by atoms with Crippen molar-refractivity contribution in [3.05, 3.63) is 36.0 Å². The van der Waals surface area contributed by atoms with E-state index in [2.05, 4.69) is 10.3 Å². The molecule has 0 aliphatic carbocycles. The van der Waals surface area contributed by atoms with Crippen LogP contribution < -0.4 is 5.32 Å². The molecule has 0 unspecified atom stereocenters. The van der Waals surface area contributed by atoms with Gasteiger partial charge in [-0.25, -0.2) is 4.98 Å². The van der Waals surface area contributed by atoms with E-state index in [9.17, 15) is 4.79 Å². The highest BCUT2D eigenvalue weighted by molar-refractivity contribution is 5.99. The summed E-state index contributed by atoms with van der Waals surface area (Å²) in [6, 6.07) is 9.79. The van der Waals surface area contributed by atoms with Gasteiger partial charge in [-0.1, -0.05) is 31.0 Å². The minimum Gasteiger partial charge on any atom is -0.388 e. The summed E-state index contributed by atoms with van der Waals surface area (Å²) >= 11 is 0. The smallest absolute Gasteiger partial charge is 0.272 e. The van der Waals surface area contributed by atoms with E-state index in [1.54, 1.807) is 0 Å². The van der Waals surface area contributed by atoms with Gasteiger partial charge in [0.2, 0.25) is 0 Å². The van der Waals surface area contributed by atoms with Gasteiger partial charge in [0.15, 0.2) is 0 Å². The number of nitrogens with zero attached hydrogens (tertiary/aromatic N) is 2. The Kier molecular flexibility index (Phi) is 4.04. The minimum atomic E-state index is 0.0548. The molecule has 3 rings (SSSR count). The number of carbonyl (C=O) groups is 1. The van der Waals surface area contributed by atoms with Crippen LogP contribution >= 0.6 is 0 Å². The molecule has 2 heterocycles. The van der Waals surface area contributed by atoms with Crippen molar-refractivity contribution in [1.82, 2.24) is 9.88 Å². The molecule has 0 atom stereocenters. The molecule has 0 bridgehead atoms. The van der Waals surface area contributed by atoms with Gasteiger partial charge in [0.05, 0.1) is 5.52 Å². The Morgan fingerprint density at radius 1 is 1.14 bits per heavy atom. The van der Waals surface area contributed by atoms with Gasteiger partial charge < -0.3 is 10.2 Å². The fourth-order valence-electron chi connectivity index (χ4n) is 2.93. The lowest BCUT2D eigenvalue weighted by Gasteiger charge is -2.20. The summed E-state index contributed by atoms with van der Waals surface area (Å²) in [7, 11) is 1.88. The molecule has 0 saturated carbocycles. The zero-order valence-corrected chi connectivity index (χ0v) is 12.4. The Balaban J connectivity index is 1.97. The van der Waals surface area contributed by atoms with Crippen molar-refractivity contribution in [3.8, 4) is 0 Å². The molecule has 110 valence electrons. The molecular weight excluding hydrogens is 262 g/mol. The second-order valence-corrected chi connectivity index (χ2v) is 5.53. The van der Waals surface area contributed by atoms with Gasteiger partial charge in [0.25, 0.3) is 5.91 Å². The average molecular weight is 283 g/mol. The topological polar surface area (TPSA) is 45.2 Å². The Morgan fingerprint density at radius 2 is 1.86 bits per heavy atom. The monoisotopic (exact) mass is 283 g/mol. The van der Waals surface area contributed by atoms with Crippen molar-refractivity contribution >= 4 is 22.5 Å². The number of benzene rings is 1. The summed E-state index contributed by atoms with van der Waals surface area (Å²) in [5.74, 6) is 0.0548. The highest BCUT2D eigenvalue weighted by atomic mass is 16.2. The van der Waals surface area contributed by atoms with Crippen LogP contribution in [0.25, 0.3) is 10.9 Å². The lowest BCUT2D eigenvalue weighted by molar-refractivity contribution is 0.0756. The summed E-state index contributed by atoms with van der Waals surface area (Å²) in [5.41, 5.74) is 2.36. The molecule has 1 fully saturated rings. The van der Waals surface area contributed by atoms with Gasteiger partial charge in [-0.3, -0.25) is 4.79 Å². The molecule has 1 saturated heterocycles. The number of anilines is 1. The Morgan fingerprint density at radius 3 is 2.57 bits per heavy atom. The van der Waals surface area contributed by atoms with Crippen LogP contribution in [0.5, 0.6) is 0 Å². The van der Waals surface area contributed by atoms with Crippen LogP contribution in [0.3, 0.4) is 0 Å². The van der Waals surface area contributed by atoms with E-state index >= 15 is 0 Å². The molecule has 1 amide bonds. The van der Waals surface area contributed by atoms with Gasteiger partial charge in [0, 0.05) is 31.2 Å². The first kappa shape index (κ1) is 13.9. The molecule has 0 radical (unpaired) electrons. The summed E-state index contributed by atoms with van der Waals surface area (Å²) in [5, 5.41) is 4.22. The number of fused-ring (bicyclic) bond motifs is 1. The Hall–Kier alpha value is -2.10. The van der Waals surface area contributed by atoms with Gasteiger partial charge in [0.1, 0.15) is 5.69 Å². The van der Waals surface area contributed by atoms with Crippen molar-refractivity contribution in [2.24, 2.45) is 0 Å². The number of carbonyl (C=O) groups excluding carboxylic acids is 1. The molecule has 0 spiro atoms. The molecule has 1 N–H and O–H groups in total. The average Bonchev–Trinajstić information content (AvgIpc) is 2.82. The van der Waals surface area contributed by atoms with Crippen molar-refractivity contribution in [1.29, 1.82) is 0 Å². The van der Waals surface area contributed by atoms with Gasteiger partial charge >= 0.3 is 0 Å². The number of nitrogens with one attached hydrogen (secondary N) is 1. The lowest BCUT2D eigenvalue weighted by atomic mass is 10.1. The molecule has 1 aliphatic rings. The quantitative estimate of drug-likeness (QED) is 0.920. The maximum Gasteiger partial charge on any atom is 0.272 e.